The first-order valence-corrected chi connectivity index (χ1v) is 7.65. The fourth-order valence-electron chi connectivity index (χ4n) is 2.41. The van der Waals surface area contributed by atoms with Crippen molar-refractivity contribution in [1.29, 1.82) is 0 Å². The molecule has 1 saturated heterocycles. The Bertz CT molecular complexity index is 598. The van der Waals surface area contributed by atoms with E-state index in [0.29, 0.717) is 32.7 Å². The quantitative estimate of drug-likeness (QED) is 0.571. The van der Waals surface area contributed by atoms with Crippen LogP contribution >= 0.6 is 0 Å². The van der Waals surface area contributed by atoms with E-state index in [2.05, 4.69) is 20.5 Å². The van der Waals surface area contributed by atoms with Gasteiger partial charge < -0.3 is 20.3 Å². The fourth-order valence-corrected chi connectivity index (χ4v) is 2.41. The monoisotopic (exact) mass is 336 g/mol. The molecule has 0 unspecified atom stereocenters. The van der Waals surface area contributed by atoms with E-state index in [1.807, 2.05) is 4.90 Å². The number of hydrogen-bond donors (Lipinski definition) is 2. The van der Waals surface area contributed by atoms with Crippen molar-refractivity contribution in [2.24, 2.45) is 0 Å². The molecule has 24 heavy (non-hydrogen) atoms. The minimum Gasteiger partial charge on any atom is -0.366 e. The highest BCUT2D eigenvalue weighted by atomic mass is 16.6. The number of hydrogen-bond acceptors (Lipinski definition) is 7. The van der Waals surface area contributed by atoms with E-state index in [-0.39, 0.29) is 18.3 Å². The molecule has 3 amide bonds. The summed E-state index contributed by atoms with van der Waals surface area (Å²) in [5, 5.41) is 15.4. The Balaban J connectivity index is 1.79. The zero-order valence-electron chi connectivity index (χ0n) is 13.4. The van der Waals surface area contributed by atoms with Gasteiger partial charge in [-0.25, -0.2) is 4.79 Å². The number of carbonyl (C=O) groups excluding carboxylic acids is 2. The number of piperazine rings is 1. The number of imide groups is 1. The number of nitrogens with zero attached hydrogens (tertiary/aromatic N) is 4. The fraction of sp³-hybridized carbons (Fsp3) is 0.500. The van der Waals surface area contributed by atoms with Crippen molar-refractivity contribution in [3.63, 3.8) is 0 Å². The maximum absolute atomic E-state index is 11.7. The molecular weight excluding hydrogens is 316 g/mol. The van der Waals surface area contributed by atoms with Gasteiger partial charge in [-0.05, 0) is 22.9 Å². The predicted molar refractivity (Wildman–Crippen MR) is 86.8 cm³/mol. The largest absolute Gasteiger partial charge is 0.366 e. The SMILES string of the molecule is CCNC(=O)NC(=O)CN1CCN(c2ccc([N+](=O)[O-])nc2)CC1. The van der Waals surface area contributed by atoms with Gasteiger partial charge in [-0.3, -0.25) is 15.0 Å². The highest BCUT2D eigenvalue weighted by Gasteiger charge is 2.21. The lowest BCUT2D eigenvalue weighted by Crippen LogP contribution is -2.51. The summed E-state index contributed by atoms with van der Waals surface area (Å²) < 4.78 is 0. The number of aromatic nitrogens is 1. The average Bonchev–Trinajstić information content (AvgIpc) is 2.55. The second kappa shape index (κ2) is 8.20. The van der Waals surface area contributed by atoms with E-state index in [1.165, 1.54) is 12.3 Å². The normalized spacial score (nSPS) is 15.0. The zero-order valence-corrected chi connectivity index (χ0v) is 13.4. The molecule has 0 bridgehead atoms. The first-order chi connectivity index (χ1) is 11.5. The Morgan fingerprint density at radius 2 is 2.00 bits per heavy atom. The molecule has 0 aliphatic carbocycles. The topological polar surface area (TPSA) is 121 Å². The third kappa shape index (κ3) is 4.88. The Labute approximate surface area is 139 Å². The second-order valence-electron chi connectivity index (χ2n) is 5.30. The lowest BCUT2D eigenvalue weighted by molar-refractivity contribution is -0.389. The van der Waals surface area contributed by atoms with E-state index in [4.69, 9.17) is 0 Å². The van der Waals surface area contributed by atoms with E-state index in [9.17, 15) is 19.7 Å². The predicted octanol–water partition coefficient (Wildman–Crippen LogP) is -0.0425. The third-order valence-corrected chi connectivity index (χ3v) is 3.61. The summed E-state index contributed by atoms with van der Waals surface area (Å²) in [4.78, 5) is 40.9. The first kappa shape index (κ1) is 17.6. The highest BCUT2D eigenvalue weighted by Crippen LogP contribution is 2.17. The lowest BCUT2D eigenvalue weighted by Gasteiger charge is -2.35. The minimum absolute atomic E-state index is 0.156. The van der Waals surface area contributed by atoms with Gasteiger partial charge in [0.25, 0.3) is 0 Å². The van der Waals surface area contributed by atoms with E-state index >= 15 is 0 Å². The van der Waals surface area contributed by atoms with E-state index < -0.39 is 11.0 Å². The van der Waals surface area contributed by atoms with Crippen molar-refractivity contribution in [2.45, 2.75) is 6.92 Å². The van der Waals surface area contributed by atoms with E-state index in [0.717, 1.165) is 5.69 Å². The summed E-state index contributed by atoms with van der Waals surface area (Å²) in [6.45, 7) is 5.04. The van der Waals surface area contributed by atoms with Gasteiger partial charge in [-0.2, -0.15) is 0 Å². The molecule has 1 fully saturated rings. The second-order valence-corrected chi connectivity index (χ2v) is 5.30. The van der Waals surface area contributed by atoms with Gasteiger partial charge in [0.15, 0.2) is 6.20 Å². The molecule has 2 heterocycles. The molecule has 1 aliphatic heterocycles. The summed E-state index contributed by atoms with van der Waals surface area (Å²) in [5.41, 5.74) is 0.812. The van der Waals surface area contributed by atoms with Gasteiger partial charge in [-0.1, -0.05) is 0 Å². The molecule has 1 aliphatic rings. The van der Waals surface area contributed by atoms with Crippen molar-refractivity contribution < 1.29 is 14.5 Å². The number of amides is 3. The summed E-state index contributed by atoms with van der Waals surface area (Å²) in [7, 11) is 0. The van der Waals surface area contributed by atoms with Crippen LogP contribution in [0.3, 0.4) is 0 Å². The van der Waals surface area contributed by atoms with Crippen molar-refractivity contribution in [3.8, 4) is 0 Å². The molecule has 10 heteroatoms. The Kier molecular flexibility index (Phi) is 6.01. The molecule has 0 saturated carbocycles. The first-order valence-electron chi connectivity index (χ1n) is 7.65. The van der Waals surface area contributed by atoms with Crippen LogP contribution in [0, 0.1) is 10.1 Å². The molecule has 10 nitrogen and oxygen atoms in total. The molecule has 0 spiro atoms. The molecule has 2 rings (SSSR count). The van der Waals surface area contributed by atoms with Crippen molar-refractivity contribution in [2.75, 3.05) is 44.2 Å². The standard InChI is InChI=1S/C14H20N6O4/c1-2-15-14(22)17-13(21)10-18-5-7-19(8-6-18)11-3-4-12(16-9-11)20(23)24/h3-4,9H,2,5-8,10H2,1H3,(H2,15,17,21,22). The van der Waals surface area contributed by atoms with Crippen LogP contribution in [-0.4, -0.2) is 66.0 Å². The van der Waals surface area contributed by atoms with Crippen LogP contribution in [-0.2, 0) is 4.79 Å². The number of anilines is 1. The Morgan fingerprint density at radius 1 is 1.29 bits per heavy atom. The van der Waals surface area contributed by atoms with Gasteiger partial charge in [-0.15, -0.1) is 0 Å². The number of nitro groups is 1. The summed E-state index contributed by atoms with van der Waals surface area (Å²) in [6, 6.07) is 2.56. The average molecular weight is 336 g/mol. The molecule has 0 atom stereocenters. The molecule has 1 aromatic rings. The maximum Gasteiger partial charge on any atom is 0.363 e. The van der Waals surface area contributed by atoms with Crippen molar-refractivity contribution >= 4 is 23.4 Å². The van der Waals surface area contributed by atoms with Gasteiger partial charge in [0, 0.05) is 38.8 Å². The number of urea groups is 1. The van der Waals surface area contributed by atoms with Crippen LogP contribution in [0.5, 0.6) is 0 Å². The summed E-state index contributed by atoms with van der Waals surface area (Å²) in [6.07, 6.45) is 1.48. The summed E-state index contributed by atoms with van der Waals surface area (Å²) >= 11 is 0. The Morgan fingerprint density at radius 3 is 2.54 bits per heavy atom. The third-order valence-electron chi connectivity index (χ3n) is 3.61. The van der Waals surface area contributed by atoms with Gasteiger partial charge >= 0.3 is 11.8 Å². The number of nitrogens with one attached hydrogen (secondary N) is 2. The smallest absolute Gasteiger partial charge is 0.363 e. The van der Waals surface area contributed by atoms with Gasteiger partial charge in [0.2, 0.25) is 5.91 Å². The van der Waals surface area contributed by atoms with E-state index in [1.54, 1.807) is 13.0 Å². The zero-order chi connectivity index (χ0) is 17.5. The maximum atomic E-state index is 11.7. The molecule has 130 valence electrons. The summed E-state index contributed by atoms with van der Waals surface area (Å²) in [5.74, 6) is -0.522. The van der Waals surface area contributed by atoms with Crippen molar-refractivity contribution in [1.82, 2.24) is 20.5 Å². The van der Waals surface area contributed by atoms with Crippen LogP contribution < -0.4 is 15.5 Å². The van der Waals surface area contributed by atoms with Gasteiger partial charge in [0.1, 0.15) is 0 Å². The van der Waals surface area contributed by atoms with Crippen LogP contribution in [0.4, 0.5) is 16.3 Å². The molecule has 1 aromatic heterocycles. The van der Waals surface area contributed by atoms with Gasteiger partial charge in [0.05, 0.1) is 12.2 Å². The van der Waals surface area contributed by atoms with Crippen molar-refractivity contribution in [3.05, 3.63) is 28.4 Å². The van der Waals surface area contributed by atoms with Crippen LogP contribution in [0.15, 0.2) is 18.3 Å². The molecule has 0 aromatic carbocycles. The highest BCUT2D eigenvalue weighted by molar-refractivity contribution is 5.95. The number of pyridine rings is 1. The number of carbonyl (C=O) groups is 2. The molecular formula is C14H20N6O4. The molecule has 0 radical (unpaired) electrons. The lowest BCUT2D eigenvalue weighted by atomic mass is 10.2. The Hall–Kier alpha value is -2.75. The minimum atomic E-state index is -0.533. The van der Waals surface area contributed by atoms with Crippen LogP contribution in [0.1, 0.15) is 6.92 Å². The molecule has 2 N–H and O–H groups in total. The number of rotatable bonds is 5. The van der Waals surface area contributed by atoms with Crippen LogP contribution in [0.25, 0.3) is 0 Å². The van der Waals surface area contributed by atoms with Crippen LogP contribution in [0.2, 0.25) is 0 Å².